The summed E-state index contributed by atoms with van der Waals surface area (Å²) in [4.78, 5) is 0. The Balaban J connectivity index is 2.90. The molecule has 0 heterocycles. The van der Waals surface area contributed by atoms with Crippen molar-refractivity contribution in [1.82, 2.24) is 0 Å². The molecule has 0 saturated heterocycles. The van der Waals surface area contributed by atoms with E-state index in [1.807, 2.05) is 13.0 Å². The van der Waals surface area contributed by atoms with Crippen LogP contribution in [0, 0.1) is 5.92 Å². The number of benzene rings is 1. The van der Waals surface area contributed by atoms with Gasteiger partial charge in [0.1, 0.15) is 5.75 Å². The van der Waals surface area contributed by atoms with Crippen LogP contribution in [0.5, 0.6) is 5.75 Å². The lowest BCUT2D eigenvalue weighted by molar-refractivity contribution is 0.312. The van der Waals surface area contributed by atoms with Crippen LogP contribution >= 0.6 is 23.2 Å². The highest BCUT2D eigenvalue weighted by Crippen LogP contribution is 2.34. The molecule has 0 amide bonds. The van der Waals surface area contributed by atoms with Crippen molar-refractivity contribution in [3.05, 3.63) is 27.7 Å². The van der Waals surface area contributed by atoms with Crippen LogP contribution in [0.4, 0.5) is 0 Å². The van der Waals surface area contributed by atoms with E-state index < -0.39 is 0 Å². The van der Waals surface area contributed by atoms with Gasteiger partial charge >= 0.3 is 0 Å². The van der Waals surface area contributed by atoms with E-state index in [1.165, 1.54) is 0 Å². The summed E-state index contributed by atoms with van der Waals surface area (Å²) >= 11 is 12.3. The summed E-state index contributed by atoms with van der Waals surface area (Å²) < 4.78 is 5.76. The molecule has 0 bridgehead atoms. The molecule has 2 N–H and O–H groups in total. The highest BCUT2D eigenvalue weighted by Gasteiger charge is 2.14. The predicted molar refractivity (Wildman–Crippen MR) is 83.4 cm³/mol. The molecule has 0 saturated carbocycles. The van der Waals surface area contributed by atoms with Crippen molar-refractivity contribution < 1.29 is 4.74 Å². The third kappa shape index (κ3) is 5.60. The Morgan fingerprint density at radius 3 is 2.53 bits per heavy atom. The molecule has 108 valence electrons. The number of hydrogen-bond acceptors (Lipinski definition) is 2. The summed E-state index contributed by atoms with van der Waals surface area (Å²) in [6, 6.07) is 3.87. The number of halogens is 2. The summed E-state index contributed by atoms with van der Waals surface area (Å²) in [5.41, 5.74) is 6.91. The van der Waals surface area contributed by atoms with Crippen LogP contribution in [0.1, 0.15) is 39.2 Å². The van der Waals surface area contributed by atoms with Crippen molar-refractivity contribution >= 4 is 23.2 Å². The predicted octanol–water partition coefficient (Wildman–Crippen LogP) is 4.70. The second-order valence-electron chi connectivity index (χ2n) is 5.25. The normalized spacial score (nSPS) is 14.2. The van der Waals surface area contributed by atoms with Gasteiger partial charge in [0.05, 0.1) is 11.6 Å². The molecule has 2 unspecified atom stereocenters. The Labute approximate surface area is 126 Å². The van der Waals surface area contributed by atoms with Crippen LogP contribution in [0.15, 0.2) is 12.1 Å². The molecule has 19 heavy (non-hydrogen) atoms. The van der Waals surface area contributed by atoms with E-state index in [4.69, 9.17) is 33.7 Å². The van der Waals surface area contributed by atoms with Crippen LogP contribution in [-0.2, 0) is 6.42 Å². The lowest BCUT2D eigenvalue weighted by atomic mass is 9.95. The quantitative estimate of drug-likeness (QED) is 0.792. The van der Waals surface area contributed by atoms with Gasteiger partial charge in [-0.1, -0.05) is 37.0 Å². The third-order valence-electron chi connectivity index (χ3n) is 2.88. The van der Waals surface area contributed by atoms with E-state index in [0.29, 0.717) is 22.6 Å². The van der Waals surface area contributed by atoms with E-state index in [-0.39, 0.29) is 6.04 Å². The van der Waals surface area contributed by atoms with Gasteiger partial charge < -0.3 is 10.5 Å². The highest BCUT2D eigenvalue weighted by atomic mass is 35.5. The summed E-state index contributed by atoms with van der Waals surface area (Å²) in [6.45, 7) is 6.94. The Morgan fingerprint density at radius 1 is 1.26 bits per heavy atom. The summed E-state index contributed by atoms with van der Waals surface area (Å²) in [7, 11) is 0. The fraction of sp³-hybridized carbons (Fsp3) is 0.600. The minimum absolute atomic E-state index is 0.199. The van der Waals surface area contributed by atoms with E-state index in [0.717, 1.165) is 30.6 Å². The molecule has 0 fully saturated rings. The molecule has 2 nitrogen and oxygen atoms in total. The standard InChI is InChI=1S/C15H23Cl2NO/c1-4-5-19-15-12(7-10(2)6-11(3)18)8-13(16)9-14(15)17/h8-11H,4-7,18H2,1-3H3. The van der Waals surface area contributed by atoms with Gasteiger partial charge in [0.25, 0.3) is 0 Å². The smallest absolute Gasteiger partial charge is 0.141 e. The zero-order valence-corrected chi connectivity index (χ0v) is 13.4. The first-order valence-corrected chi connectivity index (χ1v) is 7.55. The lowest BCUT2D eigenvalue weighted by Gasteiger charge is -2.18. The van der Waals surface area contributed by atoms with Crippen LogP contribution in [0.2, 0.25) is 10.0 Å². The average Bonchev–Trinajstić information content (AvgIpc) is 2.26. The van der Waals surface area contributed by atoms with Crippen molar-refractivity contribution in [1.29, 1.82) is 0 Å². The van der Waals surface area contributed by atoms with Gasteiger partial charge in [-0.3, -0.25) is 0 Å². The molecule has 0 aliphatic rings. The zero-order valence-electron chi connectivity index (χ0n) is 11.9. The van der Waals surface area contributed by atoms with Crippen molar-refractivity contribution in [3.8, 4) is 5.75 Å². The van der Waals surface area contributed by atoms with E-state index >= 15 is 0 Å². The van der Waals surface area contributed by atoms with Gasteiger partial charge in [0.15, 0.2) is 0 Å². The second-order valence-corrected chi connectivity index (χ2v) is 6.09. The summed E-state index contributed by atoms with van der Waals surface area (Å²) in [6.07, 6.45) is 2.80. The molecule has 1 rings (SSSR count). The molecule has 1 aromatic rings. The van der Waals surface area contributed by atoms with Crippen molar-refractivity contribution in [2.45, 2.75) is 46.1 Å². The third-order valence-corrected chi connectivity index (χ3v) is 3.38. The van der Waals surface area contributed by atoms with Crippen LogP contribution in [-0.4, -0.2) is 12.6 Å². The average molecular weight is 304 g/mol. The minimum atomic E-state index is 0.199. The van der Waals surface area contributed by atoms with E-state index in [2.05, 4.69) is 13.8 Å². The number of rotatable bonds is 7. The first-order chi connectivity index (χ1) is 8.93. The fourth-order valence-electron chi connectivity index (χ4n) is 2.22. The minimum Gasteiger partial charge on any atom is -0.492 e. The number of hydrogen-bond donors (Lipinski definition) is 1. The molecule has 0 radical (unpaired) electrons. The Morgan fingerprint density at radius 2 is 1.95 bits per heavy atom. The van der Waals surface area contributed by atoms with Crippen LogP contribution in [0.3, 0.4) is 0 Å². The molecule has 1 aromatic carbocycles. The Bertz CT molecular complexity index is 407. The van der Waals surface area contributed by atoms with E-state index in [1.54, 1.807) is 6.07 Å². The molecule has 0 spiro atoms. The number of ether oxygens (including phenoxy) is 1. The zero-order chi connectivity index (χ0) is 14.4. The van der Waals surface area contributed by atoms with Gasteiger partial charge in [0, 0.05) is 11.1 Å². The van der Waals surface area contributed by atoms with Gasteiger partial charge in [-0.25, -0.2) is 0 Å². The largest absolute Gasteiger partial charge is 0.492 e. The SMILES string of the molecule is CCCOc1c(Cl)cc(Cl)cc1CC(C)CC(C)N. The molecule has 0 aromatic heterocycles. The Hall–Kier alpha value is -0.440. The first-order valence-electron chi connectivity index (χ1n) is 6.80. The lowest BCUT2D eigenvalue weighted by Crippen LogP contribution is -2.19. The van der Waals surface area contributed by atoms with Gasteiger partial charge in [-0.15, -0.1) is 0 Å². The monoisotopic (exact) mass is 303 g/mol. The Kier molecular flexibility index (Phi) is 6.98. The number of nitrogens with two attached hydrogens (primary N) is 1. The summed E-state index contributed by atoms with van der Waals surface area (Å²) in [5, 5.41) is 1.24. The van der Waals surface area contributed by atoms with Gasteiger partial charge in [-0.2, -0.15) is 0 Å². The van der Waals surface area contributed by atoms with E-state index in [9.17, 15) is 0 Å². The molecule has 0 aliphatic carbocycles. The van der Waals surface area contributed by atoms with Crippen molar-refractivity contribution in [2.75, 3.05) is 6.61 Å². The van der Waals surface area contributed by atoms with Gasteiger partial charge in [0.2, 0.25) is 0 Å². The maximum atomic E-state index is 6.23. The molecule has 2 atom stereocenters. The van der Waals surface area contributed by atoms with Crippen molar-refractivity contribution in [3.63, 3.8) is 0 Å². The highest BCUT2D eigenvalue weighted by molar-refractivity contribution is 6.35. The van der Waals surface area contributed by atoms with Crippen molar-refractivity contribution in [2.24, 2.45) is 11.7 Å². The molecule has 4 heteroatoms. The first kappa shape index (κ1) is 16.6. The molecular formula is C15H23Cl2NO. The second kappa shape index (κ2) is 7.98. The summed E-state index contributed by atoms with van der Waals surface area (Å²) in [5.74, 6) is 1.24. The topological polar surface area (TPSA) is 35.2 Å². The molecular weight excluding hydrogens is 281 g/mol. The van der Waals surface area contributed by atoms with Crippen LogP contribution < -0.4 is 10.5 Å². The fourth-order valence-corrected chi connectivity index (χ4v) is 2.81. The maximum absolute atomic E-state index is 6.23. The molecule has 0 aliphatic heterocycles. The van der Waals surface area contributed by atoms with Crippen LogP contribution in [0.25, 0.3) is 0 Å². The maximum Gasteiger partial charge on any atom is 0.141 e. The van der Waals surface area contributed by atoms with Gasteiger partial charge in [-0.05, 0) is 49.8 Å².